The van der Waals surface area contributed by atoms with E-state index in [1.165, 1.54) is 5.01 Å². The summed E-state index contributed by atoms with van der Waals surface area (Å²) in [6.45, 7) is 8.35. The van der Waals surface area contributed by atoms with Crippen molar-refractivity contribution in [1.29, 1.82) is 0 Å². The highest BCUT2D eigenvalue weighted by Crippen LogP contribution is 2.30. The third kappa shape index (κ3) is 8.91. The van der Waals surface area contributed by atoms with Gasteiger partial charge >= 0.3 is 5.97 Å². The molecule has 2 N–H and O–H groups in total. The molecule has 0 saturated carbocycles. The number of carbonyl (C=O) groups is 3. The van der Waals surface area contributed by atoms with Crippen molar-refractivity contribution in [2.45, 2.75) is 90.7 Å². The van der Waals surface area contributed by atoms with Crippen LogP contribution >= 0.6 is 0 Å². The molecule has 0 aliphatic carbocycles. The molecule has 1 heterocycles. The molecule has 0 bridgehead atoms. The number of nitrogens with zero attached hydrogens (tertiary/aromatic N) is 1. The number of hydrogen-bond donors (Lipinski definition) is 2. The topological polar surface area (TPSA) is 87.7 Å². The van der Waals surface area contributed by atoms with Crippen LogP contribution in [0.1, 0.15) is 78.2 Å². The fraction of sp³-hybridized carbons (Fsp3) is 0.545. The summed E-state index contributed by atoms with van der Waals surface area (Å²) in [6.07, 6.45) is 5.55. The molecule has 2 amide bonds. The Labute approximate surface area is 240 Å². The molecular formula is C33H47N3O4. The molecular weight excluding hydrogens is 502 g/mol. The minimum Gasteiger partial charge on any atom is -0.460 e. The van der Waals surface area contributed by atoms with Crippen molar-refractivity contribution < 1.29 is 19.1 Å². The molecule has 3 rings (SSSR count). The van der Waals surface area contributed by atoms with Crippen LogP contribution in [0, 0.1) is 11.8 Å². The Balaban J connectivity index is 1.91. The lowest BCUT2D eigenvalue weighted by molar-refractivity contribution is -0.162. The number of hydrogen-bond acceptors (Lipinski definition) is 5. The van der Waals surface area contributed by atoms with Crippen LogP contribution in [0.2, 0.25) is 0 Å². The maximum absolute atomic E-state index is 14.2. The lowest BCUT2D eigenvalue weighted by Crippen LogP contribution is -2.59. The van der Waals surface area contributed by atoms with Crippen molar-refractivity contribution in [3.63, 3.8) is 0 Å². The third-order valence-electron chi connectivity index (χ3n) is 7.46. The number of rotatable bonds is 12. The summed E-state index contributed by atoms with van der Waals surface area (Å²) in [5.41, 5.74) is 6.02. The molecule has 218 valence electrons. The van der Waals surface area contributed by atoms with Gasteiger partial charge < -0.3 is 10.1 Å². The number of aryl methyl sites for hydroxylation is 1. The van der Waals surface area contributed by atoms with Gasteiger partial charge in [0.25, 0.3) is 0 Å². The lowest BCUT2D eigenvalue weighted by atomic mass is 9.84. The number of esters is 1. The van der Waals surface area contributed by atoms with Gasteiger partial charge in [0.15, 0.2) is 0 Å². The monoisotopic (exact) mass is 549 g/mol. The van der Waals surface area contributed by atoms with Gasteiger partial charge in [-0.15, -0.1) is 0 Å². The van der Waals surface area contributed by atoms with Gasteiger partial charge in [-0.05, 0) is 76.0 Å². The normalized spacial score (nSPS) is 17.1. The maximum atomic E-state index is 14.2. The first-order chi connectivity index (χ1) is 19.1. The van der Waals surface area contributed by atoms with E-state index < -0.39 is 17.6 Å². The number of nitrogens with one attached hydrogen (secondary N) is 2. The molecule has 7 heteroatoms. The van der Waals surface area contributed by atoms with E-state index in [-0.39, 0.29) is 23.7 Å². The Morgan fingerprint density at radius 1 is 1.02 bits per heavy atom. The summed E-state index contributed by atoms with van der Waals surface area (Å²) in [7, 11) is 1.60. The van der Waals surface area contributed by atoms with Gasteiger partial charge in [-0.3, -0.25) is 19.4 Å². The van der Waals surface area contributed by atoms with Crippen LogP contribution in [0.25, 0.3) is 11.1 Å². The van der Waals surface area contributed by atoms with Crippen molar-refractivity contribution in [2.75, 3.05) is 13.6 Å². The number of hydrazine groups is 1. The summed E-state index contributed by atoms with van der Waals surface area (Å²) in [4.78, 5) is 40.2. The van der Waals surface area contributed by atoms with Gasteiger partial charge in [-0.2, -0.15) is 0 Å². The second-order valence-electron chi connectivity index (χ2n) is 11.8. The average Bonchev–Trinajstić information content (AvgIpc) is 2.95. The molecule has 40 heavy (non-hydrogen) atoms. The number of amides is 2. The standard InChI is InChI=1S/C33H47N3O4/c1-6-7-14-27(32(39)40-33(2,3)4)23-26(31(38)36-29(30(37)34-5)19-13-22-35-36)21-20-25-17-11-12-18-28(25)24-15-9-8-10-16-24/h8-12,15-18,26-27,29,35H,6-7,13-14,19-23H2,1-5H3,(H,34,37). The molecule has 2 aromatic carbocycles. The van der Waals surface area contributed by atoms with E-state index in [4.69, 9.17) is 4.74 Å². The third-order valence-corrected chi connectivity index (χ3v) is 7.46. The van der Waals surface area contributed by atoms with Gasteiger partial charge in [0.05, 0.1) is 5.92 Å². The number of carbonyl (C=O) groups excluding carboxylic acids is 3. The summed E-state index contributed by atoms with van der Waals surface area (Å²) >= 11 is 0. The first-order valence-corrected chi connectivity index (χ1v) is 14.8. The molecule has 7 nitrogen and oxygen atoms in total. The first-order valence-electron chi connectivity index (χ1n) is 14.8. The van der Waals surface area contributed by atoms with E-state index in [1.807, 2.05) is 51.1 Å². The Hall–Kier alpha value is -3.19. The van der Waals surface area contributed by atoms with Crippen molar-refractivity contribution in [3.8, 4) is 11.1 Å². The molecule has 3 atom stereocenters. The summed E-state index contributed by atoms with van der Waals surface area (Å²) in [5, 5.41) is 4.24. The van der Waals surface area contributed by atoms with Crippen LogP contribution in [-0.2, 0) is 25.5 Å². The van der Waals surface area contributed by atoms with E-state index in [0.717, 1.165) is 36.0 Å². The van der Waals surface area contributed by atoms with Crippen LogP contribution in [0.4, 0.5) is 0 Å². The summed E-state index contributed by atoms with van der Waals surface area (Å²) in [5.74, 6) is -1.39. The summed E-state index contributed by atoms with van der Waals surface area (Å²) in [6, 6.07) is 18.0. The Bertz CT molecular complexity index is 1110. The maximum Gasteiger partial charge on any atom is 0.309 e. The van der Waals surface area contributed by atoms with E-state index in [1.54, 1.807) is 7.05 Å². The lowest BCUT2D eigenvalue weighted by Gasteiger charge is -2.37. The van der Waals surface area contributed by atoms with E-state index in [0.29, 0.717) is 38.6 Å². The first kappa shape index (κ1) is 31.3. The zero-order valence-electron chi connectivity index (χ0n) is 24.9. The molecule has 0 spiro atoms. The number of unbranched alkanes of at least 4 members (excludes halogenated alkanes) is 1. The van der Waals surface area contributed by atoms with E-state index in [2.05, 4.69) is 41.9 Å². The Kier molecular flexibility index (Phi) is 11.7. The van der Waals surface area contributed by atoms with Crippen LogP contribution < -0.4 is 10.7 Å². The van der Waals surface area contributed by atoms with Crippen LogP contribution in [0.5, 0.6) is 0 Å². The quantitative estimate of drug-likeness (QED) is 0.333. The average molecular weight is 550 g/mol. The fourth-order valence-corrected chi connectivity index (χ4v) is 5.40. The highest BCUT2D eigenvalue weighted by molar-refractivity contribution is 5.88. The fourth-order valence-electron chi connectivity index (χ4n) is 5.40. The minimum absolute atomic E-state index is 0.129. The molecule has 1 aliphatic rings. The van der Waals surface area contributed by atoms with Gasteiger partial charge in [0.2, 0.25) is 11.8 Å². The largest absolute Gasteiger partial charge is 0.460 e. The molecule has 1 aliphatic heterocycles. The number of benzene rings is 2. The van der Waals surface area contributed by atoms with Crippen molar-refractivity contribution in [2.24, 2.45) is 11.8 Å². The van der Waals surface area contributed by atoms with Crippen molar-refractivity contribution >= 4 is 17.8 Å². The Morgan fingerprint density at radius 2 is 1.73 bits per heavy atom. The van der Waals surface area contributed by atoms with Crippen LogP contribution in [0.15, 0.2) is 54.6 Å². The second kappa shape index (κ2) is 15.0. The number of likely N-dealkylation sites (N-methyl/N-ethyl adjacent to an activating group) is 1. The molecule has 0 radical (unpaired) electrons. The van der Waals surface area contributed by atoms with E-state index >= 15 is 0 Å². The smallest absolute Gasteiger partial charge is 0.309 e. The predicted molar refractivity (Wildman–Crippen MR) is 159 cm³/mol. The zero-order chi connectivity index (χ0) is 29.1. The number of ether oxygens (including phenoxy) is 1. The van der Waals surface area contributed by atoms with Crippen LogP contribution in [0.3, 0.4) is 0 Å². The van der Waals surface area contributed by atoms with Crippen LogP contribution in [-0.4, -0.2) is 48.0 Å². The molecule has 2 aromatic rings. The summed E-state index contributed by atoms with van der Waals surface area (Å²) < 4.78 is 5.80. The van der Waals surface area contributed by atoms with Crippen molar-refractivity contribution in [1.82, 2.24) is 15.8 Å². The molecule has 1 saturated heterocycles. The predicted octanol–water partition coefficient (Wildman–Crippen LogP) is 5.68. The SMILES string of the molecule is CCCCC(CC(CCc1ccccc1-c1ccccc1)C(=O)N1NCCCC1C(=O)NC)C(=O)OC(C)(C)C. The van der Waals surface area contributed by atoms with E-state index in [9.17, 15) is 14.4 Å². The minimum atomic E-state index is -0.603. The van der Waals surface area contributed by atoms with Gasteiger partial charge in [0.1, 0.15) is 11.6 Å². The Morgan fingerprint density at radius 3 is 2.40 bits per heavy atom. The van der Waals surface area contributed by atoms with Gasteiger partial charge in [0, 0.05) is 19.5 Å². The molecule has 1 fully saturated rings. The van der Waals surface area contributed by atoms with Gasteiger partial charge in [-0.25, -0.2) is 5.43 Å². The second-order valence-corrected chi connectivity index (χ2v) is 11.8. The van der Waals surface area contributed by atoms with Gasteiger partial charge in [-0.1, -0.05) is 74.4 Å². The van der Waals surface area contributed by atoms with Crippen molar-refractivity contribution in [3.05, 3.63) is 60.2 Å². The highest BCUT2D eigenvalue weighted by atomic mass is 16.6. The zero-order valence-corrected chi connectivity index (χ0v) is 24.9. The molecule has 0 aromatic heterocycles. The molecule has 3 unspecified atom stereocenters. The highest BCUT2D eigenvalue weighted by Gasteiger charge is 2.37.